The van der Waals surface area contributed by atoms with E-state index < -0.39 is 0 Å². The minimum absolute atomic E-state index is 0.253. The van der Waals surface area contributed by atoms with Crippen LogP contribution in [0.4, 0.5) is 0 Å². The molecule has 0 nitrogen and oxygen atoms in total. The van der Waals surface area contributed by atoms with E-state index in [0.717, 1.165) is 0 Å². The highest BCUT2D eigenvalue weighted by molar-refractivity contribution is 7.56. The van der Waals surface area contributed by atoms with Crippen molar-refractivity contribution >= 4 is 7.92 Å². The van der Waals surface area contributed by atoms with Crippen molar-refractivity contribution in [3.8, 4) is 0 Å². The average Bonchev–Trinajstić information content (AvgIpc) is 2.72. The zero-order chi connectivity index (χ0) is 20.1. The molecule has 0 aliphatic carbocycles. The second kappa shape index (κ2) is 19.9. The number of rotatable bonds is 20. The first-order valence-corrected chi connectivity index (χ1v) is 14.7. The molecule has 0 N–H and O–H groups in total. The lowest BCUT2D eigenvalue weighted by molar-refractivity contribution is 0.531. The van der Waals surface area contributed by atoms with Crippen LogP contribution in [0.5, 0.6) is 0 Å². The topological polar surface area (TPSA) is 0 Å². The third-order valence-electron chi connectivity index (χ3n) is 6.02. The number of hydrogen-bond acceptors (Lipinski definition) is 0. The summed E-state index contributed by atoms with van der Waals surface area (Å²) in [4.78, 5) is 0. The maximum atomic E-state index is 2.50. The van der Waals surface area contributed by atoms with Gasteiger partial charge in [-0.05, 0) is 37.4 Å². The van der Waals surface area contributed by atoms with Crippen LogP contribution in [0.2, 0.25) is 0 Å². The van der Waals surface area contributed by atoms with E-state index in [0.29, 0.717) is 0 Å². The van der Waals surface area contributed by atoms with E-state index in [1.165, 1.54) is 127 Å². The lowest BCUT2D eigenvalue weighted by atomic mass is 10.0. The van der Waals surface area contributed by atoms with E-state index in [-0.39, 0.29) is 7.92 Å². The van der Waals surface area contributed by atoms with Crippen molar-refractivity contribution in [1.29, 1.82) is 0 Å². The molecule has 28 heavy (non-hydrogen) atoms. The second-order valence-corrected chi connectivity index (χ2v) is 11.4. The third kappa shape index (κ3) is 16.6. The fraction of sp³-hybridized carbons (Fsp3) is 0.778. The van der Waals surface area contributed by atoms with Crippen LogP contribution < -0.4 is 0 Å². The van der Waals surface area contributed by atoms with Gasteiger partial charge in [0.2, 0.25) is 0 Å². The van der Waals surface area contributed by atoms with Crippen molar-refractivity contribution in [2.75, 3.05) is 19.0 Å². The zero-order valence-corrected chi connectivity index (χ0v) is 20.2. The van der Waals surface area contributed by atoms with Crippen LogP contribution in [0, 0.1) is 0 Å². The molecule has 1 aromatic rings. The summed E-state index contributed by atoms with van der Waals surface area (Å²) < 4.78 is 0. The van der Waals surface area contributed by atoms with E-state index >= 15 is 0 Å². The van der Waals surface area contributed by atoms with Crippen LogP contribution in [-0.2, 0) is 6.42 Å². The van der Waals surface area contributed by atoms with Gasteiger partial charge < -0.3 is 0 Å². The number of benzene rings is 1. The zero-order valence-electron chi connectivity index (χ0n) is 19.3. The van der Waals surface area contributed by atoms with Crippen molar-refractivity contribution < 1.29 is 0 Å². The van der Waals surface area contributed by atoms with Crippen molar-refractivity contribution in [3.05, 3.63) is 35.9 Å². The molecule has 0 fully saturated rings. The molecule has 0 radical (unpaired) electrons. The molecule has 1 aromatic carbocycles. The Balaban J connectivity index is 1.75. The highest BCUT2D eigenvalue weighted by Crippen LogP contribution is 2.32. The van der Waals surface area contributed by atoms with Crippen LogP contribution in [0.1, 0.15) is 115 Å². The summed E-state index contributed by atoms with van der Waals surface area (Å²) in [5, 5.41) is 0. The van der Waals surface area contributed by atoms with Crippen molar-refractivity contribution in [2.24, 2.45) is 0 Å². The quantitative estimate of drug-likeness (QED) is 0.150. The van der Waals surface area contributed by atoms with Gasteiger partial charge in [-0.2, -0.15) is 0 Å². The number of aryl methyl sites for hydroxylation is 1. The van der Waals surface area contributed by atoms with E-state index in [2.05, 4.69) is 43.9 Å². The molecular weight excluding hydrogens is 355 g/mol. The summed E-state index contributed by atoms with van der Waals surface area (Å²) in [5.41, 5.74) is 1.52. The molecule has 0 saturated heterocycles. The molecule has 1 atom stereocenters. The summed E-state index contributed by atoms with van der Waals surface area (Å²) in [6.07, 6.45) is 27.7. The maximum absolute atomic E-state index is 2.50. The van der Waals surface area contributed by atoms with Gasteiger partial charge in [0.05, 0.1) is 0 Å². The van der Waals surface area contributed by atoms with E-state index in [9.17, 15) is 0 Å². The van der Waals surface area contributed by atoms with Gasteiger partial charge in [-0.1, -0.05) is 134 Å². The second-order valence-electron chi connectivity index (χ2n) is 8.84. The van der Waals surface area contributed by atoms with Gasteiger partial charge in [-0.15, -0.1) is 7.92 Å². The van der Waals surface area contributed by atoms with E-state index in [1.54, 1.807) is 0 Å². The largest absolute Gasteiger partial charge is 0.110 e. The lowest BCUT2D eigenvalue weighted by Gasteiger charge is -2.12. The summed E-state index contributed by atoms with van der Waals surface area (Å²) in [6, 6.07) is 11.0. The number of hydrogen-bond donors (Lipinski definition) is 0. The molecular formula is C27H49P. The Morgan fingerprint density at radius 2 is 0.964 bits per heavy atom. The molecule has 1 unspecified atom stereocenters. The van der Waals surface area contributed by atoms with Gasteiger partial charge in [0.15, 0.2) is 0 Å². The van der Waals surface area contributed by atoms with Gasteiger partial charge in [-0.3, -0.25) is 0 Å². The standard InChI is InChI=1S/C27H49P/c1-3-4-5-6-7-8-9-10-11-12-13-14-15-16-17-21-25-28(2)26-24-27-22-19-18-20-23-27/h18-20,22-23H,3-17,21,24-26H2,1-2H3. The molecule has 0 aliphatic rings. The molecule has 0 saturated carbocycles. The Kier molecular flexibility index (Phi) is 18.3. The van der Waals surface area contributed by atoms with Crippen LogP contribution in [0.3, 0.4) is 0 Å². The van der Waals surface area contributed by atoms with Crippen molar-refractivity contribution in [2.45, 2.75) is 116 Å². The maximum Gasteiger partial charge on any atom is -0.0239 e. The molecule has 162 valence electrons. The third-order valence-corrected chi connectivity index (χ3v) is 8.09. The summed E-state index contributed by atoms with van der Waals surface area (Å²) in [5.74, 6) is 0. The van der Waals surface area contributed by atoms with Gasteiger partial charge >= 0.3 is 0 Å². The fourth-order valence-corrected chi connectivity index (χ4v) is 5.63. The van der Waals surface area contributed by atoms with Gasteiger partial charge in [0, 0.05) is 0 Å². The molecule has 0 spiro atoms. The Morgan fingerprint density at radius 3 is 1.43 bits per heavy atom. The predicted octanol–water partition coefficient (Wildman–Crippen LogP) is 9.60. The average molecular weight is 405 g/mol. The smallest absolute Gasteiger partial charge is 0.0239 e. The van der Waals surface area contributed by atoms with Gasteiger partial charge in [0.25, 0.3) is 0 Å². The van der Waals surface area contributed by atoms with Gasteiger partial charge in [0.1, 0.15) is 0 Å². The Labute approximate surface area is 179 Å². The van der Waals surface area contributed by atoms with Crippen molar-refractivity contribution in [3.63, 3.8) is 0 Å². The Hall–Kier alpha value is -0.350. The summed E-state index contributed by atoms with van der Waals surface area (Å²) in [7, 11) is 0.253. The first-order chi connectivity index (χ1) is 13.8. The fourth-order valence-electron chi connectivity index (χ4n) is 4.01. The molecule has 0 amide bonds. The number of unbranched alkanes of at least 4 members (excludes halogenated alkanes) is 15. The SMILES string of the molecule is CCCCCCCCCCCCCCCCCCP(C)CCc1ccccc1. The Bertz CT molecular complexity index is 414. The molecule has 0 heterocycles. The van der Waals surface area contributed by atoms with E-state index in [4.69, 9.17) is 0 Å². The molecule has 0 aromatic heterocycles. The van der Waals surface area contributed by atoms with Crippen LogP contribution in [0.25, 0.3) is 0 Å². The Morgan fingerprint density at radius 1 is 0.536 bits per heavy atom. The molecule has 1 heteroatoms. The van der Waals surface area contributed by atoms with Crippen LogP contribution in [0.15, 0.2) is 30.3 Å². The highest BCUT2D eigenvalue weighted by atomic mass is 31.1. The summed E-state index contributed by atoms with van der Waals surface area (Å²) >= 11 is 0. The predicted molar refractivity (Wildman–Crippen MR) is 132 cm³/mol. The lowest BCUT2D eigenvalue weighted by Crippen LogP contribution is -1.94. The minimum Gasteiger partial charge on any atom is -0.110 e. The normalized spacial score (nSPS) is 12.4. The first kappa shape index (κ1) is 25.7. The van der Waals surface area contributed by atoms with Crippen molar-refractivity contribution in [1.82, 2.24) is 0 Å². The summed E-state index contributed by atoms with van der Waals surface area (Å²) in [6.45, 7) is 4.80. The molecule has 0 aliphatic heterocycles. The van der Waals surface area contributed by atoms with E-state index in [1.807, 2.05) is 0 Å². The molecule has 0 bridgehead atoms. The first-order valence-electron chi connectivity index (χ1n) is 12.6. The monoisotopic (exact) mass is 404 g/mol. The van der Waals surface area contributed by atoms with Crippen LogP contribution in [-0.4, -0.2) is 19.0 Å². The van der Waals surface area contributed by atoms with Gasteiger partial charge in [-0.25, -0.2) is 0 Å². The molecule has 1 rings (SSSR count). The minimum atomic E-state index is 0.253. The highest BCUT2D eigenvalue weighted by Gasteiger charge is 2.02. The van der Waals surface area contributed by atoms with Crippen LogP contribution >= 0.6 is 7.92 Å².